The van der Waals surface area contributed by atoms with Crippen LogP contribution in [0.25, 0.3) is 5.57 Å². The summed E-state index contributed by atoms with van der Waals surface area (Å²) in [6.07, 6.45) is 0. The molecule has 13 heavy (non-hydrogen) atoms. The molecule has 68 valence electrons. The summed E-state index contributed by atoms with van der Waals surface area (Å²) in [5, 5.41) is 18.0. The van der Waals surface area contributed by atoms with Crippen molar-refractivity contribution in [2.24, 2.45) is 0 Å². The van der Waals surface area contributed by atoms with Crippen molar-refractivity contribution in [1.82, 2.24) is 0 Å². The Hall–Kier alpha value is -1.77. The van der Waals surface area contributed by atoms with Crippen molar-refractivity contribution in [1.29, 1.82) is 0 Å². The highest BCUT2D eigenvalue weighted by Crippen LogP contribution is 2.24. The minimum absolute atomic E-state index is 0.0574. The van der Waals surface area contributed by atoms with Crippen molar-refractivity contribution in [2.75, 3.05) is 0 Å². The van der Waals surface area contributed by atoms with Gasteiger partial charge in [-0.25, -0.2) is 4.79 Å². The molecule has 0 saturated heterocycles. The van der Waals surface area contributed by atoms with E-state index in [1.54, 1.807) is 12.1 Å². The van der Waals surface area contributed by atoms with Crippen LogP contribution in [-0.2, 0) is 4.79 Å². The third-order valence-corrected chi connectivity index (χ3v) is 1.74. The first-order chi connectivity index (χ1) is 6.02. The van der Waals surface area contributed by atoms with Gasteiger partial charge < -0.3 is 10.2 Å². The Morgan fingerprint density at radius 2 is 2.08 bits per heavy atom. The molecule has 0 heterocycles. The van der Waals surface area contributed by atoms with E-state index in [9.17, 15) is 9.90 Å². The van der Waals surface area contributed by atoms with Crippen LogP contribution in [0.4, 0.5) is 0 Å². The lowest BCUT2D eigenvalue weighted by atomic mass is 10.0. The van der Waals surface area contributed by atoms with E-state index in [1.165, 1.54) is 6.07 Å². The Labute approximate surface area is 76.0 Å². The monoisotopic (exact) mass is 178 g/mol. The van der Waals surface area contributed by atoms with E-state index in [0.717, 1.165) is 5.56 Å². The maximum Gasteiger partial charge on any atom is 0.335 e. The molecule has 0 amide bonds. The van der Waals surface area contributed by atoms with Gasteiger partial charge in [0.25, 0.3) is 0 Å². The first-order valence-electron chi connectivity index (χ1n) is 3.74. The molecular formula is C10H10O3. The third kappa shape index (κ3) is 1.87. The third-order valence-electron chi connectivity index (χ3n) is 1.74. The van der Waals surface area contributed by atoms with Gasteiger partial charge in [-0.2, -0.15) is 0 Å². The zero-order valence-electron chi connectivity index (χ0n) is 7.24. The fourth-order valence-electron chi connectivity index (χ4n) is 1.01. The van der Waals surface area contributed by atoms with Gasteiger partial charge in [0.05, 0.1) is 5.57 Å². The highest BCUT2D eigenvalue weighted by molar-refractivity contribution is 6.15. The van der Waals surface area contributed by atoms with Gasteiger partial charge in [0.1, 0.15) is 5.75 Å². The number of aliphatic carboxylic acids is 1. The number of phenols is 1. The van der Waals surface area contributed by atoms with E-state index in [2.05, 4.69) is 6.58 Å². The predicted molar refractivity (Wildman–Crippen MR) is 49.5 cm³/mol. The quantitative estimate of drug-likeness (QED) is 0.679. The van der Waals surface area contributed by atoms with Crippen LogP contribution in [0.15, 0.2) is 24.8 Å². The van der Waals surface area contributed by atoms with Crippen molar-refractivity contribution < 1.29 is 15.0 Å². The van der Waals surface area contributed by atoms with Crippen molar-refractivity contribution in [3.05, 3.63) is 35.9 Å². The van der Waals surface area contributed by atoms with Crippen molar-refractivity contribution in [3.63, 3.8) is 0 Å². The molecule has 0 fully saturated rings. The van der Waals surface area contributed by atoms with Crippen molar-refractivity contribution >= 4 is 11.5 Å². The molecule has 0 aliphatic heterocycles. The second-order valence-electron chi connectivity index (χ2n) is 2.80. The predicted octanol–water partition coefficient (Wildman–Crippen LogP) is 1.80. The Morgan fingerprint density at radius 3 is 2.62 bits per heavy atom. The van der Waals surface area contributed by atoms with E-state index >= 15 is 0 Å². The summed E-state index contributed by atoms with van der Waals surface area (Å²) in [5.74, 6) is -1.18. The fourth-order valence-corrected chi connectivity index (χ4v) is 1.01. The minimum Gasteiger partial charge on any atom is -0.507 e. The van der Waals surface area contributed by atoms with E-state index in [-0.39, 0.29) is 16.9 Å². The molecule has 1 aromatic rings. The van der Waals surface area contributed by atoms with Crippen LogP contribution in [0.5, 0.6) is 5.75 Å². The number of phenolic OH excluding ortho intramolecular Hbond substituents is 1. The van der Waals surface area contributed by atoms with Gasteiger partial charge in [0.15, 0.2) is 0 Å². The largest absolute Gasteiger partial charge is 0.507 e. The highest BCUT2D eigenvalue weighted by Gasteiger charge is 2.11. The number of carboxylic acid groups (broad SMARTS) is 1. The maximum atomic E-state index is 10.6. The van der Waals surface area contributed by atoms with Crippen LogP contribution < -0.4 is 0 Å². The molecule has 1 rings (SSSR count). The molecular weight excluding hydrogens is 168 g/mol. The van der Waals surface area contributed by atoms with E-state index in [1.807, 2.05) is 6.92 Å². The van der Waals surface area contributed by atoms with Crippen LogP contribution in [0.1, 0.15) is 11.1 Å². The summed E-state index contributed by atoms with van der Waals surface area (Å²) in [7, 11) is 0. The van der Waals surface area contributed by atoms with Gasteiger partial charge in [0.2, 0.25) is 0 Å². The second kappa shape index (κ2) is 3.31. The average Bonchev–Trinajstić information content (AvgIpc) is 2.08. The molecule has 0 saturated carbocycles. The number of hydrogen-bond acceptors (Lipinski definition) is 2. The standard InChI is InChI=1S/C10H10O3/c1-6-3-4-9(11)8(5-6)7(2)10(12)13/h3-5,11H,2H2,1H3,(H,12,13). The van der Waals surface area contributed by atoms with Crippen LogP contribution in [0.2, 0.25) is 0 Å². The van der Waals surface area contributed by atoms with Gasteiger partial charge in [-0.1, -0.05) is 18.2 Å². The molecule has 1 aromatic carbocycles. The summed E-state index contributed by atoms with van der Waals surface area (Å²) in [6.45, 7) is 5.18. The number of aryl methyl sites for hydroxylation is 1. The van der Waals surface area contributed by atoms with Gasteiger partial charge in [-0.15, -0.1) is 0 Å². The first-order valence-corrected chi connectivity index (χ1v) is 3.74. The Balaban J connectivity index is 3.21. The highest BCUT2D eigenvalue weighted by atomic mass is 16.4. The lowest BCUT2D eigenvalue weighted by Crippen LogP contribution is -1.98. The summed E-state index contributed by atoms with van der Waals surface area (Å²) in [6, 6.07) is 4.75. The molecule has 0 atom stereocenters. The topological polar surface area (TPSA) is 57.5 Å². The minimum atomic E-state index is -1.12. The summed E-state index contributed by atoms with van der Waals surface area (Å²) in [5.41, 5.74) is 1.06. The van der Waals surface area contributed by atoms with Gasteiger partial charge in [0, 0.05) is 5.56 Å². The zero-order chi connectivity index (χ0) is 10.0. The van der Waals surface area contributed by atoms with Gasteiger partial charge in [-0.3, -0.25) is 0 Å². The maximum absolute atomic E-state index is 10.6. The molecule has 0 aromatic heterocycles. The lowest BCUT2D eigenvalue weighted by molar-refractivity contribution is -0.130. The Morgan fingerprint density at radius 1 is 1.46 bits per heavy atom. The van der Waals surface area contributed by atoms with Gasteiger partial charge >= 0.3 is 5.97 Å². The molecule has 0 aliphatic carbocycles. The van der Waals surface area contributed by atoms with E-state index in [4.69, 9.17) is 5.11 Å². The molecule has 0 bridgehead atoms. The Kier molecular flexibility index (Phi) is 2.37. The number of carboxylic acids is 1. The van der Waals surface area contributed by atoms with Crippen molar-refractivity contribution in [2.45, 2.75) is 6.92 Å². The zero-order valence-corrected chi connectivity index (χ0v) is 7.24. The summed E-state index contributed by atoms with van der Waals surface area (Å²) >= 11 is 0. The number of carbonyl (C=O) groups is 1. The normalized spacial score (nSPS) is 9.62. The SMILES string of the molecule is C=C(C(=O)O)c1cc(C)ccc1O. The number of hydrogen-bond donors (Lipinski definition) is 2. The number of rotatable bonds is 2. The average molecular weight is 178 g/mol. The van der Waals surface area contributed by atoms with E-state index < -0.39 is 5.97 Å². The molecule has 3 nitrogen and oxygen atoms in total. The van der Waals surface area contributed by atoms with Gasteiger partial charge in [-0.05, 0) is 19.1 Å². The first kappa shape index (κ1) is 9.32. The molecule has 0 aliphatic rings. The van der Waals surface area contributed by atoms with Crippen LogP contribution in [0.3, 0.4) is 0 Å². The Bertz CT molecular complexity index is 366. The van der Waals surface area contributed by atoms with Crippen LogP contribution >= 0.6 is 0 Å². The van der Waals surface area contributed by atoms with Crippen LogP contribution in [-0.4, -0.2) is 16.2 Å². The van der Waals surface area contributed by atoms with Crippen LogP contribution in [0, 0.1) is 6.92 Å². The fraction of sp³-hybridized carbons (Fsp3) is 0.100. The molecule has 2 N–H and O–H groups in total. The number of aromatic hydroxyl groups is 1. The second-order valence-corrected chi connectivity index (χ2v) is 2.80. The van der Waals surface area contributed by atoms with Crippen molar-refractivity contribution in [3.8, 4) is 5.75 Å². The molecule has 3 heteroatoms. The summed E-state index contributed by atoms with van der Waals surface area (Å²) < 4.78 is 0. The summed E-state index contributed by atoms with van der Waals surface area (Å²) in [4.78, 5) is 10.6. The molecule has 0 spiro atoms. The van der Waals surface area contributed by atoms with E-state index in [0.29, 0.717) is 0 Å². The lowest BCUT2D eigenvalue weighted by Gasteiger charge is -2.04. The number of benzene rings is 1. The molecule has 0 unspecified atom stereocenters. The molecule has 0 radical (unpaired) electrons. The smallest absolute Gasteiger partial charge is 0.335 e.